The predicted molar refractivity (Wildman–Crippen MR) is 80.9 cm³/mol. The number of hydrogen-bond acceptors (Lipinski definition) is 5. The second-order valence-electron chi connectivity index (χ2n) is 5.61. The molecule has 2 aliphatic rings. The van der Waals surface area contributed by atoms with Crippen molar-refractivity contribution in [3.8, 4) is 0 Å². The van der Waals surface area contributed by atoms with Crippen LogP contribution in [0.25, 0.3) is 0 Å². The second kappa shape index (κ2) is 6.00. The number of para-hydroxylation sites is 1. The fourth-order valence-corrected chi connectivity index (χ4v) is 3.11. The summed E-state index contributed by atoms with van der Waals surface area (Å²) in [5.74, 6) is -1.20. The molecule has 1 saturated heterocycles. The van der Waals surface area contributed by atoms with Crippen LogP contribution in [0.2, 0.25) is 0 Å². The van der Waals surface area contributed by atoms with E-state index in [1.807, 2.05) is 0 Å². The molecular formula is C16H18N2O5. The number of benzene rings is 1. The van der Waals surface area contributed by atoms with Crippen LogP contribution in [0.3, 0.4) is 0 Å². The zero-order valence-electron chi connectivity index (χ0n) is 12.8. The molecule has 0 unspecified atom stereocenters. The molecule has 0 saturated carbocycles. The lowest BCUT2D eigenvalue weighted by atomic mass is 10.1. The van der Waals surface area contributed by atoms with Crippen molar-refractivity contribution < 1.29 is 24.2 Å². The number of amides is 2. The summed E-state index contributed by atoms with van der Waals surface area (Å²) in [4.78, 5) is 40.0. The van der Waals surface area contributed by atoms with Gasteiger partial charge in [0.15, 0.2) is 0 Å². The number of carbonyl (C=O) groups excluding carboxylic acids is 3. The molecule has 23 heavy (non-hydrogen) atoms. The largest absolute Gasteiger partial charge is 0.465 e. The van der Waals surface area contributed by atoms with E-state index in [0.717, 1.165) is 0 Å². The van der Waals surface area contributed by atoms with Crippen LogP contribution in [0.4, 0.5) is 5.69 Å². The summed E-state index contributed by atoms with van der Waals surface area (Å²) >= 11 is 0. The SMILES string of the molecule is CCOC(=O)CN1C(=O)[C@@H]2C[C@H](O)CN2C(=O)c2ccccc21. The Morgan fingerprint density at radius 3 is 2.83 bits per heavy atom. The lowest BCUT2D eigenvalue weighted by Crippen LogP contribution is -2.46. The van der Waals surface area contributed by atoms with E-state index in [1.54, 1.807) is 31.2 Å². The molecule has 2 heterocycles. The Bertz CT molecular complexity index is 660. The highest BCUT2D eigenvalue weighted by molar-refractivity contribution is 6.12. The van der Waals surface area contributed by atoms with Gasteiger partial charge in [-0.25, -0.2) is 0 Å². The minimum atomic E-state index is -0.751. The van der Waals surface area contributed by atoms with Gasteiger partial charge in [-0.05, 0) is 19.1 Å². The van der Waals surface area contributed by atoms with Gasteiger partial charge in [0.25, 0.3) is 5.91 Å². The molecule has 1 N–H and O–H groups in total. The fraction of sp³-hybridized carbons (Fsp3) is 0.438. The molecule has 2 atom stereocenters. The van der Waals surface area contributed by atoms with E-state index >= 15 is 0 Å². The molecule has 3 rings (SSSR count). The summed E-state index contributed by atoms with van der Waals surface area (Å²) in [7, 11) is 0. The van der Waals surface area contributed by atoms with Gasteiger partial charge >= 0.3 is 5.97 Å². The van der Waals surface area contributed by atoms with Gasteiger partial charge in [0, 0.05) is 13.0 Å². The molecule has 1 fully saturated rings. The van der Waals surface area contributed by atoms with Gasteiger partial charge < -0.3 is 14.7 Å². The number of nitrogens with zero attached hydrogens (tertiary/aromatic N) is 2. The molecule has 2 aliphatic heterocycles. The maximum absolute atomic E-state index is 12.8. The van der Waals surface area contributed by atoms with Gasteiger partial charge in [-0.2, -0.15) is 0 Å². The number of fused-ring (bicyclic) bond motifs is 2. The minimum absolute atomic E-state index is 0.122. The number of esters is 1. The van der Waals surface area contributed by atoms with Crippen molar-refractivity contribution in [3.63, 3.8) is 0 Å². The first-order valence-electron chi connectivity index (χ1n) is 7.58. The summed E-state index contributed by atoms with van der Waals surface area (Å²) in [6.07, 6.45) is -0.555. The van der Waals surface area contributed by atoms with Crippen LogP contribution in [-0.4, -0.2) is 59.6 Å². The standard InChI is InChI=1S/C16H18N2O5/c1-2-23-14(20)9-18-12-6-4-3-5-11(12)15(21)17-8-10(19)7-13(17)16(18)22/h3-6,10,13,19H,2,7-9H2,1H3/t10-,13-/m0/s1. The highest BCUT2D eigenvalue weighted by Crippen LogP contribution is 2.32. The van der Waals surface area contributed by atoms with Crippen LogP contribution >= 0.6 is 0 Å². The van der Waals surface area contributed by atoms with Crippen molar-refractivity contribution in [1.29, 1.82) is 0 Å². The van der Waals surface area contributed by atoms with E-state index in [-0.39, 0.29) is 37.9 Å². The number of hydrogen-bond donors (Lipinski definition) is 1. The lowest BCUT2D eigenvalue weighted by Gasteiger charge is -2.24. The van der Waals surface area contributed by atoms with Crippen molar-refractivity contribution in [2.45, 2.75) is 25.5 Å². The summed E-state index contributed by atoms with van der Waals surface area (Å²) < 4.78 is 4.93. The smallest absolute Gasteiger partial charge is 0.326 e. The Kier molecular flexibility index (Phi) is 4.04. The summed E-state index contributed by atoms with van der Waals surface area (Å²) in [6, 6.07) is 5.93. The molecule has 1 aromatic carbocycles. The third kappa shape index (κ3) is 2.68. The van der Waals surface area contributed by atoms with Crippen LogP contribution in [-0.2, 0) is 14.3 Å². The van der Waals surface area contributed by atoms with Crippen molar-refractivity contribution in [1.82, 2.24) is 4.90 Å². The van der Waals surface area contributed by atoms with E-state index < -0.39 is 18.1 Å². The van der Waals surface area contributed by atoms with E-state index in [4.69, 9.17) is 4.74 Å². The molecule has 7 nitrogen and oxygen atoms in total. The third-order valence-corrected chi connectivity index (χ3v) is 4.11. The topological polar surface area (TPSA) is 87.2 Å². The van der Waals surface area contributed by atoms with E-state index in [9.17, 15) is 19.5 Å². The molecule has 0 radical (unpaired) electrons. The van der Waals surface area contributed by atoms with Crippen LogP contribution in [0, 0.1) is 0 Å². The summed E-state index contributed by atoms with van der Waals surface area (Å²) in [5.41, 5.74) is 0.751. The number of aliphatic hydroxyl groups excluding tert-OH is 1. The van der Waals surface area contributed by atoms with Crippen molar-refractivity contribution in [2.75, 3.05) is 24.6 Å². The number of rotatable bonds is 3. The van der Waals surface area contributed by atoms with Gasteiger partial charge in [0.1, 0.15) is 12.6 Å². The molecule has 2 amide bonds. The maximum atomic E-state index is 12.8. The normalized spacial score (nSPS) is 23.4. The first kappa shape index (κ1) is 15.5. The molecule has 122 valence electrons. The molecule has 0 bridgehead atoms. The highest BCUT2D eigenvalue weighted by atomic mass is 16.5. The van der Waals surface area contributed by atoms with Crippen LogP contribution in [0.5, 0.6) is 0 Å². The fourth-order valence-electron chi connectivity index (χ4n) is 3.11. The summed E-state index contributed by atoms with van der Waals surface area (Å²) in [5, 5.41) is 9.83. The van der Waals surface area contributed by atoms with Crippen molar-refractivity contribution in [3.05, 3.63) is 29.8 Å². The van der Waals surface area contributed by atoms with E-state index in [2.05, 4.69) is 0 Å². The molecule has 0 aromatic heterocycles. The molecule has 1 aromatic rings. The zero-order chi connectivity index (χ0) is 16.6. The highest BCUT2D eigenvalue weighted by Gasteiger charge is 2.45. The quantitative estimate of drug-likeness (QED) is 0.803. The Morgan fingerprint density at radius 2 is 2.09 bits per heavy atom. The van der Waals surface area contributed by atoms with Gasteiger partial charge in [0.05, 0.1) is 24.0 Å². The number of anilines is 1. The molecule has 0 spiro atoms. The van der Waals surface area contributed by atoms with E-state index in [1.165, 1.54) is 9.80 Å². The monoisotopic (exact) mass is 318 g/mol. The minimum Gasteiger partial charge on any atom is -0.465 e. The average molecular weight is 318 g/mol. The Labute approximate surface area is 133 Å². The Hall–Kier alpha value is -2.41. The third-order valence-electron chi connectivity index (χ3n) is 4.11. The zero-order valence-corrected chi connectivity index (χ0v) is 12.8. The van der Waals surface area contributed by atoms with Crippen LogP contribution < -0.4 is 4.90 Å². The second-order valence-corrected chi connectivity index (χ2v) is 5.61. The van der Waals surface area contributed by atoms with Crippen molar-refractivity contribution in [2.24, 2.45) is 0 Å². The number of aliphatic hydroxyl groups is 1. The first-order chi connectivity index (χ1) is 11.0. The number of carbonyl (C=O) groups is 3. The predicted octanol–water partition coefficient (Wildman–Crippen LogP) is 0.172. The van der Waals surface area contributed by atoms with Gasteiger partial charge in [-0.1, -0.05) is 12.1 Å². The summed E-state index contributed by atoms with van der Waals surface area (Å²) in [6.45, 7) is 1.78. The van der Waals surface area contributed by atoms with Crippen LogP contribution in [0.1, 0.15) is 23.7 Å². The van der Waals surface area contributed by atoms with Gasteiger partial charge in [-0.15, -0.1) is 0 Å². The average Bonchev–Trinajstić information content (AvgIpc) is 2.90. The molecule has 0 aliphatic carbocycles. The maximum Gasteiger partial charge on any atom is 0.326 e. The van der Waals surface area contributed by atoms with Crippen molar-refractivity contribution >= 4 is 23.5 Å². The lowest BCUT2D eigenvalue weighted by molar-refractivity contribution is -0.142. The Balaban J connectivity index is 2.03. The van der Waals surface area contributed by atoms with Crippen LogP contribution in [0.15, 0.2) is 24.3 Å². The molecular weight excluding hydrogens is 300 g/mol. The molecule has 7 heteroatoms. The first-order valence-corrected chi connectivity index (χ1v) is 7.58. The van der Waals surface area contributed by atoms with Gasteiger partial charge in [0.2, 0.25) is 5.91 Å². The van der Waals surface area contributed by atoms with E-state index in [0.29, 0.717) is 11.3 Å². The van der Waals surface area contributed by atoms with Gasteiger partial charge in [-0.3, -0.25) is 19.3 Å². The number of ether oxygens (including phenoxy) is 1. The Morgan fingerprint density at radius 1 is 1.35 bits per heavy atom.